The molecule has 0 spiro atoms. The number of nitrogens with zero attached hydrogens (tertiary/aromatic N) is 2. The maximum Gasteiger partial charge on any atom is 0.410 e. The quantitative estimate of drug-likeness (QED) is 0.837. The SMILES string of the molecule is CN1CCC(N[C@H]2CCN(C(=O)OC(C)(C)C)C2)CC1. The lowest BCUT2D eigenvalue weighted by atomic mass is 10.0. The van der Waals surface area contributed by atoms with Gasteiger partial charge in [0, 0.05) is 25.2 Å². The number of ether oxygens (including phenoxy) is 1. The maximum absolute atomic E-state index is 12.0. The van der Waals surface area contributed by atoms with Crippen molar-refractivity contribution in [3.05, 3.63) is 0 Å². The monoisotopic (exact) mass is 283 g/mol. The molecule has 0 aromatic carbocycles. The van der Waals surface area contributed by atoms with E-state index in [-0.39, 0.29) is 6.09 Å². The lowest BCUT2D eigenvalue weighted by Crippen LogP contribution is -2.46. The molecule has 2 rings (SSSR count). The Bertz CT molecular complexity index is 333. The van der Waals surface area contributed by atoms with Crippen LogP contribution >= 0.6 is 0 Å². The molecule has 0 bridgehead atoms. The molecule has 2 aliphatic rings. The van der Waals surface area contributed by atoms with Gasteiger partial charge in [0.2, 0.25) is 0 Å². The highest BCUT2D eigenvalue weighted by molar-refractivity contribution is 5.68. The fourth-order valence-corrected chi connectivity index (χ4v) is 2.90. The third-order valence-electron chi connectivity index (χ3n) is 4.03. The molecule has 20 heavy (non-hydrogen) atoms. The van der Waals surface area contributed by atoms with Crippen LogP contribution < -0.4 is 5.32 Å². The Balaban J connectivity index is 1.73. The zero-order chi connectivity index (χ0) is 14.8. The van der Waals surface area contributed by atoms with Gasteiger partial charge in [0.05, 0.1) is 0 Å². The molecule has 116 valence electrons. The minimum atomic E-state index is -0.406. The van der Waals surface area contributed by atoms with Crippen LogP contribution in [0, 0.1) is 0 Å². The van der Waals surface area contributed by atoms with Crippen molar-refractivity contribution in [1.82, 2.24) is 15.1 Å². The minimum Gasteiger partial charge on any atom is -0.444 e. The van der Waals surface area contributed by atoms with Crippen LogP contribution in [0.2, 0.25) is 0 Å². The van der Waals surface area contributed by atoms with Crippen molar-refractivity contribution in [2.75, 3.05) is 33.2 Å². The van der Waals surface area contributed by atoms with E-state index < -0.39 is 5.60 Å². The molecule has 0 radical (unpaired) electrons. The van der Waals surface area contributed by atoms with Crippen molar-refractivity contribution in [3.63, 3.8) is 0 Å². The number of piperidine rings is 1. The number of nitrogens with one attached hydrogen (secondary N) is 1. The number of likely N-dealkylation sites (tertiary alicyclic amines) is 2. The second-order valence-corrected chi connectivity index (χ2v) is 7.16. The number of amides is 1. The standard InChI is InChI=1S/C15H29N3O2/c1-15(2,3)20-14(19)18-10-7-13(11-18)16-12-5-8-17(4)9-6-12/h12-13,16H,5-11H2,1-4H3/t13-/m0/s1. The first kappa shape index (κ1) is 15.6. The van der Waals surface area contributed by atoms with Crippen molar-refractivity contribution in [1.29, 1.82) is 0 Å². The maximum atomic E-state index is 12.0. The largest absolute Gasteiger partial charge is 0.444 e. The summed E-state index contributed by atoms with van der Waals surface area (Å²) in [6, 6.07) is 1.03. The summed E-state index contributed by atoms with van der Waals surface area (Å²) in [5.74, 6) is 0. The first-order valence-electron chi connectivity index (χ1n) is 7.76. The van der Waals surface area contributed by atoms with Crippen LogP contribution in [0.1, 0.15) is 40.0 Å². The Morgan fingerprint density at radius 2 is 1.70 bits per heavy atom. The molecule has 5 nitrogen and oxygen atoms in total. The highest BCUT2D eigenvalue weighted by Crippen LogP contribution is 2.17. The highest BCUT2D eigenvalue weighted by atomic mass is 16.6. The lowest BCUT2D eigenvalue weighted by molar-refractivity contribution is 0.0290. The highest BCUT2D eigenvalue weighted by Gasteiger charge is 2.31. The number of hydrogen-bond acceptors (Lipinski definition) is 4. The van der Waals surface area contributed by atoms with E-state index in [9.17, 15) is 4.79 Å². The molecule has 1 atom stereocenters. The second-order valence-electron chi connectivity index (χ2n) is 7.16. The minimum absolute atomic E-state index is 0.176. The lowest BCUT2D eigenvalue weighted by Gasteiger charge is -2.31. The molecule has 5 heteroatoms. The summed E-state index contributed by atoms with van der Waals surface area (Å²) >= 11 is 0. The summed E-state index contributed by atoms with van der Waals surface area (Å²) in [5, 5.41) is 3.71. The molecule has 2 heterocycles. The number of rotatable bonds is 2. The van der Waals surface area contributed by atoms with Crippen LogP contribution in [-0.4, -0.2) is 66.8 Å². The molecule has 0 saturated carbocycles. The van der Waals surface area contributed by atoms with Crippen LogP contribution in [0.3, 0.4) is 0 Å². The Morgan fingerprint density at radius 3 is 2.30 bits per heavy atom. The van der Waals surface area contributed by atoms with Gasteiger partial charge in [0.1, 0.15) is 5.60 Å². The molecule has 2 fully saturated rings. The van der Waals surface area contributed by atoms with Gasteiger partial charge in [0.15, 0.2) is 0 Å². The molecular weight excluding hydrogens is 254 g/mol. The molecule has 0 aromatic rings. The summed E-state index contributed by atoms with van der Waals surface area (Å²) in [7, 11) is 2.18. The van der Waals surface area contributed by atoms with E-state index in [1.54, 1.807) is 0 Å². The average Bonchev–Trinajstić information content (AvgIpc) is 2.79. The number of carbonyl (C=O) groups excluding carboxylic acids is 1. The van der Waals surface area contributed by atoms with Gasteiger partial charge < -0.3 is 19.9 Å². The van der Waals surface area contributed by atoms with Gasteiger partial charge >= 0.3 is 6.09 Å². The molecule has 2 saturated heterocycles. The topological polar surface area (TPSA) is 44.8 Å². The first-order chi connectivity index (χ1) is 9.33. The Hall–Kier alpha value is -0.810. The van der Waals surface area contributed by atoms with Gasteiger partial charge in [-0.25, -0.2) is 4.79 Å². The molecule has 2 aliphatic heterocycles. The molecule has 0 aliphatic carbocycles. The predicted molar refractivity (Wildman–Crippen MR) is 79.9 cm³/mol. The molecule has 0 aromatic heterocycles. The van der Waals surface area contributed by atoms with Gasteiger partial charge in [-0.1, -0.05) is 0 Å². The Kier molecular flexibility index (Phi) is 4.91. The second kappa shape index (κ2) is 6.31. The Morgan fingerprint density at radius 1 is 1.10 bits per heavy atom. The van der Waals surface area contributed by atoms with Crippen molar-refractivity contribution in [2.24, 2.45) is 0 Å². The Labute approximate surface area is 122 Å². The van der Waals surface area contributed by atoms with Crippen molar-refractivity contribution < 1.29 is 9.53 Å². The van der Waals surface area contributed by atoms with E-state index in [0.717, 1.165) is 19.5 Å². The van der Waals surface area contributed by atoms with E-state index >= 15 is 0 Å². The van der Waals surface area contributed by atoms with Crippen LogP contribution in [0.4, 0.5) is 4.79 Å². The summed E-state index contributed by atoms with van der Waals surface area (Å²) in [6.07, 6.45) is 3.27. The summed E-state index contributed by atoms with van der Waals surface area (Å²) in [4.78, 5) is 16.2. The number of hydrogen-bond donors (Lipinski definition) is 1. The van der Waals surface area contributed by atoms with E-state index in [4.69, 9.17) is 4.74 Å². The van der Waals surface area contributed by atoms with E-state index in [1.165, 1.54) is 25.9 Å². The van der Waals surface area contributed by atoms with E-state index in [0.29, 0.717) is 12.1 Å². The summed E-state index contributed by atoms with van der Waals surface area (Å²) < 4.78 is 5.43. The van der Waals surface area contributed by atoms with Crippen molar-refractivity contribution >= 4 is 6.09 Å². The van der Waals surface area contributed by atoms with Gasteiger partial charge in [0.25, 0.3) is 0 Å². The van der Waals surface area contributed by atoms with Crippen LogP contribution in [0.15, 0.2) is 0 Å². The summed E-state index contributed by atoms with van der Waals surface area (Å²) in [6.45, 7) is 9.65. The molecule has 1 amide bonds. The first-order valence-corrected chi connectivity index (χ1v) is 7.76. The number of carbonyl (C=O) groups is 1. The fourth-order valence-electron chi connectivity index (χ4n) is 2.90. The van der Waals surface area contributed by atoms with Gasteiger partial charge in [-0.15, -0.1) is 0 Å². The van der Waals surface area contributed by atoms with Crippen LogP contribution in [0.5, 0.6) is 0 Å². The van der Waals surface area contributed by atoms with Gasteiger partial charge in [-0.2, -0.15) is 0 Å². The van der Waals surface area contributed by atoms with Gasteiger partial charge in [-0.3, -0.25) is 0 Å². The predicted octanol–water partition coefficient (Wildman–Crippen LogP) is 1.68. The van der Waals surface area contributed by atoms with Crippen LogP contribution in [-0.2, 0) is 4.74 Å². The molecule has 1 N–H and O–H groups in total. The zero-order valence-corrected chi connectivity index (χ0v) is 13.3. The zero-order valence-electron chi connectivity index (χ0n) is 13.3. The summed E-state index contributed by atoms with van der Waals surface area (Å²) in [5.41, 5.74) is -0.406. The van der Waals surface area contributed by atoms with Gasteiger partial charge in [-0.05, 0) is 60.2 Å². The third kappa shape index (κ3) is 4.63. The third-order valence-corrected chi connectivity index (χ3v) is 4.03. The smallest absolute Gasteiger partial charge is 0.410 e. The molecular formula is C15H29N3O2. The fraction of sp³-hybridized carbons (Fsp3) is 0.933. The molecule has 0 unspecified atom stereocenters. The van der Waals surface area contributed by atoms with E-state index in [1.807, 2.05) is 25.7 Å². The van der Waals surface area contributed by atoms with E-state index in [2.05, 4.69) is 17.3 Å². The van der Waals surface area contributed by atoms with Crippen molar-refractivity contribution in [3.8, 4) is 0 Å². The van der Waals surface area contributed by atoms with Crippen LogP contribution in [0.25, 0.3) is 0 Å². The normalized spacial score (nSPS) is 26.0. The van der Waals surface area contributed by atoms with Crippen molar-refractivity contribution in [2.45, 2.75) is 57.7 Å². The average molecular weight is 283 g/mol.